The first-order valence-electron chi connectivity index (χ1n) is 9.07. The van der Waals surface area contributed by atoms with Crippen molar-refractivity contribution in [1.29, 1.82) is 0 Å². The first kappa shape index (κ1) is 20.8. The van der Waals surface area contributed by atoms with Gasteiger partial charge in [-0.2, -0.15) is 0 Å². The van der Waals surface area contributed by atoms with E-state index < -0.39 is 35.5 Å². The summed E-state index contributed by atoms with van der Waals surface area (Å²) in [6.45, 7) is 7.05. The summed E-state index contributed by atoms with van der Waals surface area (Å²) in [6, 6.07) is 7.43. The predicted octanol–water partition coefficient (Wildman–Crippen LogP) is 2.46. The summed E-state index contributed by atoms with van der Waals surface area (Å²) in [5.41, 5.74) is -0.420. The van der Waals surface area contributed by atoms with Gasteiger partial charge in [-0.15, -0.1) is 0 Å². The molecule has 0 saturated heterocycles. The first-order chi connectivity index (χ1) is 12.7. The molecule has 1 aromatic rings. The van der Waals surface area contributed by atoms with E-state index in [1.807, 2.05) is 31.2 Å². The molecule has 1 N–H and O–H groups in total. The minimum Gasteiger partial charge on any atom is -0.466 e. The van der Waals surface area contributed by atoms with Crippen LogP contribution in [0.15, 0.2) is 30.3 Å². The Labute approximate surface area is 159 Å². The van der Waals surface area contributed by atoms with Crippen molar-refractivity contribution >= 4 is 23.8 Å². The van der Waals surface area contributed by atoms with E-state index in [-0.39, 0.29) is 18.8 Å². The van der Waals surface area contributed by atoms with Crippen LogP contribution < -0.4 is 0 Å². The van der Waals surface area contributed by atoms with E-state index in [4.69, 9.17) is 9.47 Å². The van der Waals surface area contributed by atoms with Crippen LogP contribution in [-0.4, -0.2) is 41.1 Å². The first-order valence-corrected chi connectivity index (χ1v) is 9.07. The van der Waals surface area contributed by atoms with Gasteiger partial charge in [0.1, 0.15) is 5.78 Å². The van der Waals surface area contributed by atoms with Gasteiger partial charge in [-0.3, -0.25) is 9.59 Å². The average molecular weight is 374 g/mol. The molecule has 1 aliphatic rings. The van der Waals surface area contributed by atoms with E-state index in [0.717, 1.165) is 11.1 Å². The minimum absolute atomic E-state index is 0.0564. The highest BCUT2D eigenvalue weighted by molar-refractivity contribution is 6.02. The number of rotatable bonds is 7. The number of Topliss-reactive ketones (excluding diaryl/α,β-unsaturated/α-hetero) is 1. The fourth-order valence-electron chi connectivity index (χ4n) is 3.05. The lowest BCUT2D eigenvalue weighted by Crippen LogP contribution is -2.59. The van der Waals surface area contributed by atoms with E-state index in [1.54, 1.807) is 26.8 Å². The van der Waals surface area contributed by atoms with Crippen molar-refractivity contribution in [3.05, 3.63) is 41.5 Å². The van der Waals surface area contributed by atoms with Crippen molar-refractivity contribution in [2.75, 3.05) is 6.61 Å². The highest BCUT2D eigenvalue weighted by atomic mass is 16.6. The maximum absolute atomic E-state index is 12.6. The van der Waals surface area contributed by atoms with E-state index in [9.17, 15) is 19.5 Å². The summed E-state index contributed by atoms with van der Waals surface area (Å²) >= 11 is 0. The molecule has 1 aromatic carbocycles. The zero-order valence-electron chi connectivity index (χ0n) is 16.1. The number of aliphatic hydroxyl groups is 1. The summed E-state index contributed by atoms with van der Waals surface area (Å²) in [5, 5.41) is 11.1. The van der Waals surface area contributed by atoms with Gasteiger partial charge in [-0.1, -0.05) is 35.9 Å². The van der Waals surface area contributed by atoms with Crippen molar-refractivity contribution in [3.63, 3.8) is 0 Å². The molecule has 27 heavy (non-hydrogen) atoms. The average Bonchev–Trinajstić information content (AvgIpc) is 2.58. The van der Waals surface area contributed by atoms with Gasteiger partial charge >= 0.3 is 11.9 Å². The summed E-state index contributed by atoms with van der Waals surface area (Å²) < 4.78 is 10.1. The maximum atomic E-state index is 12.6. The SMILES string of the molecule is CCOC(=O)[C@H]1CC(=O)[C@@H]1[C@](O)(/C=C/c1ccc(C)cc1)C(=O)OC(C)C. The second-order valence-corrected chi connectivity index (χ2v) is 7.03. The van der Waals surface area contributed by atoms with Crippen molar-refractivity contribution in [3.8, 4) is 0 Å². The Balaban J connectivity index is 2.37. The lowest BCUT2D eigenvalue weighted by Gasteiger charge is -2.41. The highest BCUT2D eigenvalue weighted by Crippen LogP contribution is 2.41. The Morgan fingerprint density at radius 2 is 1.93 bits per heavy atom. The molecule has 1 fully saturated rings. The van der Waals surface area contributed by atoms with Crippen molar-refractivity contribution < 1.29 is 29.0 Å². The largest absolute Gasteiger partial charge is 0.466 e. The smallest absolute Gasteiger partial charge is 0.343 e. The third-order valence-corrected chi connectivity index (χ3v) is 4.51. The lowest BCUT2D eigenvalue weighted by atomic mass is 9.63. The third-order valence-electron chi connectivity index (χ3n) is 4.51. The molecule has 3 atom stereocenters. The number of benzene rings is 1. The predicted molar refractivity (Wildman–Crippen MR) is 99.6 cm³/mol. The van der Waals surface area contributed by atoms with Gasteiger partial charge in [-0.05, 0) is 39.3 Å². The van der Waals surface area contributed by atoms with Crippen molar-refractivity contribution in [2.45, 2.75) is 45.8 Å². The Hall–Kier alpha value is -2.47. The molecule has 0 radical (unpaired) electrons. The number of ether oxygens (including phenoxy) is 2. The molecule has 0 bridgehead atoms. The third kappa shape index (κ3) is 4.63. The summed E-state index contributed by atoms with van der Waals surface area (Å²) in [5.74, 6) is -4.01. The fourth-order valence-corrected chi connectivity index (χ4v) is 3.05. The van der Waals surface area contributed by atoms with Crippen LogP contribution >= 0.6 is 0 Å². The number of hydrogen-bond acceptors (Lipinski definition) is 6. The Morgan fingerprint density at radius 3 is 2.44 bits per heavy atom. The zero-order chi connectivity index (χ0) is 20.2. The van der Waals surface area contributed by atoms with Crippen LogP contribution in [0, 0.1) is 18.8 Å². The fraction of sp³-hybridized carbons (Fsp3) is 0.476. The van der Waals surface area contributed by atoms with Crippen molar-refractivity contribution in [1.82, 2.24) is 0 Å². The van der Waals surface area contributed by atoms with Crippen molar-refractivity contribution in [2.24, 2.45) is 11.8 Å². The minimum atomic E-state index is -2.23. The van der Waals surface area contributed by atoms with E-state index in [0.29, 0.717) is 0 Å². The van der Waals surface area contributed by atoms with Crippen LogP contribution in [0.4, 0.5) is 0 Å². The number of ketones is 1. The molecule has 0 aromatic heterocycles. The normalized spacial score (nSPS) is 21.6. The molecule has 6 heteroatoms. The van der Waals surface area contributed by atoms with Gasteiger partial charge in [0.25, 0.3) is 0 Å². The maximum Gasteiger partial charge on any atom is 0.343 e. The molecule has 0 amide bonds. The molecular formula is C21H26O6. The standard InChI is InChI=1S/C21H26O6/c1-5-26-19(23)16-12-17(22)18(16)21(25,20(24)27-13(2)3)11-10-15-8-6-14(4)7-9-15/h6-11,13,16,18,25H,5,12H2,1-4H3/b11-10+/t16-,18+,21+/m0/s1. The van der Waals surface area contributed by atoms with Crippen LogP contribution in [0.3, 0.4) is 0 Å². The zero-order valence-corrected chi connectivity index (χ0v) is 16.1. The lowest BCUT2D eigenvalue weighted by molar-refractivity contribution is -0.185. The second-order valence-electron chi connectivity index (χ2n) is 7.03. The Morgan fingerprint density at radius 1 is 1.30 bits per heavy atom. The van der Waals surface area contributed by atoms with Gasteiger partial charge in [0.05, 0.1) is 24.5 Å². The molecular weight excluding hydrogens is 348 g/mol. The Bertz CT molecular complexity index is 734. The van der Waals surface area contributed by atoms with E-state index >= 15 is 0 Å². The van der Waals surface area contributed by atoms with Gasteiger partial charge < -0.3 is 14.6 Å². The monoisotopic (exact) mass is 374 g/mol. The molecule has 0 heterocycles. The van der Waals surface area contributed by atoms with E-state index in [1.165, 1.54) is 6.08 Å². The molecule has 1 saturated carbocycles. The summed E-state index contributed by atoms with van der Waals surface area (Å²) in [7, 11) is 0. The number of aryl methyl sites for hydroxylation is 1. The van der Waals surface area contributed by atoms with Crippen LogP contribution in [0.5, 0.6) is 0 Å². The van der Waals surface area contributed by atoms with Gasteiger partial charge in [0.15, 0.2) is 5.60 Å². The molecule has 0 spiro atoms. The van der Waals surface area contributed by atoms with Gasteiger partial charge in [0.2, 0.25) is 0 Å². The summed E-state index contributed by atoms with van der Waals surface area (Å²) in [4.78, 5) is 37.0. The Kier molecular flexibility index (Phi) is 6.54. The molecule has 0 unspecified atom stereocenters. The number of carbonyl (C=O) groups excluding carboxylic acids is 3. The molecule has 1 aliphatic carbocycles. The van der Waals surface area contributed by atoms with Crippen LogP contribution in [0.1, 0.15) is 38.3 Å². The molecule has 2 rings (SSSR count). The molecule has 6 nitrogen and oxygen atoms in total. The summed E-state index contributed by atoms with van der Waals surface area (Å²) in [6.07, 6.45) is 2.26. The van der Waals surface area contributed by atoms with E-state index in [2.05, 4.69) is 0 Å². The molecule has 0 aliphatic heterocycles. The number of esters is 2. The topological polar surface area (TPSA) is 89.9 Å². The number of hydrogen-bond donors (Lipinski definition) is 1. The van der Waals surface area contributed by atoms with Crippen LogP contribution in [0.25, 0.3) is 6.08 Å². The van der Waals surface area contributed by atoms with Gasteiger partial charge in [-0.25, -0.2) is 4.79 Å². The molecule has 146 valence electrons. The van der Waals surface area contributed by atoms with Gasteiger partial charge in [0, 0.05) is 6.42 Å². The van der Waals surface area contributed by atoms with Crippen LogP contribution in [-0.2, 0) is 23.9 Å². The highest BCUT2D eigenvalue weighted by Gasteiger charge is 2.59. The van der Waals surface area contributed by atoms with Crippen LogP contribution in [0.2, 0.25) is 0 Å². The number of carbonyl (C=O) groups is 3. The second kappa shape index (κ2) is 8.48. The quantitative estimate of drug-likeness (QED) is 0.738.